The minimum atomic E-state index is 0.805. The Morgan fingerprint density at radius 1 is 0.947 bits per heavy atom. The minimum Gasteiger partial charge on any atom is -0.396 e. The highest BCUT2D eigenvalue weighted by Crippen LogP contribution is 2.34. The van der Waals surface area contributed by atoms with Crippen molar-refractivity contribution in [2.24, 2.45) is 7.05 Å². The molecule has 2 aromatic heterocycles. The Bertz CT molecular complexity index is 929. The second-order valence-electron chi connectivity index (χ2n) is 4.82. The monoisotopic (exact) mass is 247 g/mol. The summed E-state index contributed by atoms with van der Waals surface area (Å²) in [6, 6.07) is 16.3. The smallest absolute Gasteiger partial charge is 0.0988 e. The summed E-state index contributed by atoms with van der Waals surface area (Å²) < 4.78 is 2.12. The summed E-state index contributed by atoms with van der Waals surface area (Å²) in [6.07, 6.45) is 0. The molecule has 0 spiro atoms. The molecule has 0 radical (unpaired) electrons. The third-order valence-corrected chi connectivity index (χ3v) is 3.76. The molecule has 92 valence electrons. The zero-order chi connectivity index (χ0) is 13.0. The Kier molecular flexibility index (Phi) is 1.90. The molecule has 0 bridgehead atoms. The van der Waals surface area contributed by atoms with Gasteiger partial charge < -0.3 is 10.3 Å². The number of benzene rings is 2. The first-order valence-electron chi connectivity index (χ1n) is 6.29. The van der Waals surface area contributed by atoms with Crippen molar-refractivity contribution >= 4 is 38.5 Å². The van der Waals surface area contributed by atoms with Crippen molar-refractivity contribution in [1.82, 2.24) is 9.55 Å². The number of aryl methyl sites for hydroxylation is 1. The third-order valence-electron chi connectivity index (χ3n) is 3.76. The minimum absolute atomic E-state index is 0.805. The van der Waals surface area contributed by atoms with E-state index in [1.54, 1.807) is 0 Å². The van der Waals surface area contributed by atoms with Crippen LogP contribution in [0.5, 0.6) is 0 Å². The van der Waals surface area contributed by atoms with Crippen LogP contribution >= 0.6 is 0 Å². The standard InChI is InChI=1S/C16H13N3/c1-19-13-9-5-3-7-11(13)15-16(19)14(17)10-6-2-4-8-12(10)18-15/h2-9H,1H3,(H2,17,18). The Labute approximate surface area is 110 Å². The molecule has 2 N–H and O–H groups in total. The molecule has 4 aromatic rings. The number of aromatic nitrogens is 2. The van der Waals surface area contributed by atoms with E-state index in [1.165, 1.54) is 0 Å². The molecule has 0 aliphatic rings. The highest BCUT2D eigenvalue weighted by atomic mass is 15.0. The molecule has 19 heavy (non-hydrogen) atoms. The summed E-state index contributed by atoms with van der Waals surface area (Å²) in [4.78, 5) is 4.79. The van der Waals surface area contributed by atoms with Gasteiger partial charge in [-0.05, 0) is 12.1 Å². The fourth-order valence-electron chi connectivity index (χ4n) is 2.84. The van der Waals surface area contributed by atoms with E-state index in [9.17, 15) is 0 Å². The van der Waals surface area contributed by atoms with Crippen molar-refractivity contribution in [2.45, 2.75) is 0 Å². The van der Waals surface area contributed by atoms with Gasteiger partial charge in [-0.3, -0.25) is 0 Å². The Morgan fingerprint density at radius 3 is 2.47 bits per heavy atom. The van der Waals surface area contributed by atoms with Gasteiger partial charge in [-0.2, -0.15) is 0 Å². The van der Waals surface area contributed by atoms with Crippen LogP contribution in [0.4, 0.5) is 5.69 Å². The highest BCUT2D eigenvalue weighted by Gasteiger charge is 2.14. The first-order valence-corrected chi connectivity index (χ1v) is 6.29. The average Bonchev–Trinajstić information content (AvgIpc) is 2.74. The third kappa shape index (κ3) is 1.24. The van der Waals surface area contributed by atoms with Crippen molar-refractivity contribution in [3.05, 3.63) is 48.5 Å². The Balaban J connectivity index is 2.38. The number of para-hydroxylation sites is 2. The number of hydrogen-bond acceptors (Lipinski definition) is 2. The van der Waals surface area contributed by atoms with Crippen molar-refractivity contribution in [2.75, 3.05) is 5.73 Å². The number of rotatable bonds is 0. The molecule has 0 fully saturated rings. The number of anilines is 1. The van der Waals surface area contributed by atoms with Crippen LogP contribution < -0.4 is 5.73 Å². The molecule has 4 rings (SSSR count). The number of pyridine rings is 1. The molecule has 3 heteroatoms. The molecule has 0 atom stereocenters. The molecular weight excluding hydrogens is 234 g/mol. The lowest BCUT2D eigenvalue weighted by Crippen LogP contribution is -1.95. The van der Waals surface area contributed by atoms with Crippen LogP contribution in [0.25, 0.3) is 32.8 Å². The van der Waals surface area contributed by atoms with E-state index in [2.05, 4.69) is 16.7 Å². The van der Waals surface area contributed by atoms with Crippen molar-refractivity contribution in [3.8, 4) is 0 Å². The van der Waals surface area contributed by atoms with Gasteiger partial charge in [0.15, 0.2) is 0 Å². The number of nitrogens with two attached hydrogens (primary N) is 1. The topological polar surface area (TPSA) is 43.8 Å². The average molecular weight is 247 g/mol. The van der Waals surface area contributed by atoms with Crippen molar-refractivity contribution in [3.63, 3.8) is 0 Å². The van der Waals surface area contributed by atoms with Crippen LogP contribution in [0.3, 0.4) is 0 Å². The largest absolute Gasteiger partial charge is 0.396 e. The molecule has 0 saturated heterocycles. The molecule has 0 aliphatic heterocycles. The van der Waals surface area contributed by atoms with Gasteiger partial charge in [-0.25, -0.2) is 4.98 Å². The maximum atomic E-state index is 6.36. The SMILES string of the molecule is Cn1c2ccccc2c2nc3ccccc3c(N)c21. The van der Waals surface area contributed by atoms with Crippen LogP contribution in [0, 0.1) is 0 Å². The first kappa shape index (κ1) is 10.4. The van der Waals surface area contributed by atoms with Crippen LogP contribution in [0.2, 0.25) is 0 Å². The second-order valence-corrected chi connectivity index (χ2v) is 4.82. The highest BCUT2D eigenvalue weighted by molar-refractivity contribution is 6.15. The van der Waals surface area contributed by atoms with Gasteiger partial charge in [-0.15, -0.1) is 0 Å². The summed E-state index contributed by atoms with van der Waals surface area (Å²) >= 11 is 0. The predicted octanol–water partition coefficient (Wildman–Crippen LogP) is 3.46. The number of hydrogen-bond donors (Lipinski definition) is 1. The Hall–Kier alpha value is -2.55. The lowest BCUT2D eigenvalue weighted by molar-refractivity contribution is 1.01. The van der Waals surface area contributed by atoms with E-state index in [4.69, 9.17) is 10.7 Å². The molecule has 0 aliphatic carbocycles. The fraction of sp³-hybridized carbons (Fsp3) is 0.0625. The molecule has 0 amide bonds. The quantitative estimate of drug-likeness (QED) is 0.517. The van der Waals surface area contributed by atoms with Gasteiger partial charge in [0, 0.05) is 17.8 Å². The zero-order valence-electron chi connectivity index (χ0n) is 10.6. The van der Waals surface area contributed by atoms with Crippen LogP contribution in [0.1, 0.15) is 0 Å². The lowest BCUT2D eigenvalue weighted by Gasteiger charge is -2.05. The molecule has 3 nitrogen and oxygen atoms in total. The summed E-state index contributed by atoms with van der Waals surface area (Å²) in [5.74, 6) is 0. The van der Waals surface area contributed by atoms with Crippen molar-refractivity contribution < 1.29 is 0 Å². The van der Waals surface area contributed by atoms with Crippen LogP contribution in [0.15, 0.2) is 48.5 Å². The Morgan fingerprint density at radius 2 is 1.63 bits per heavy atom. The van der Waals surface area contributed by atoms with E-state index in [1.807, 2.05) is 43.4 Å². The van der Waals surface area contributed by atoms with E-state index in [-0.39, 0.29) is 0 Å². The van der Waals surface area contributed by atoms with Gasteiger partial charge in [0.05, 0.1) is 27.8 Å². The van der Waals surface area contributed by atoms with Gasteiger partial charge in [0.25, 0.3) is 0 Å². The molecule has 0 saturated carbocycles. The lowest BCUT2D eigenvalue weighted by atomic mass is 10.1. The van der Waals surface area contributed by atoms with E-state index >= 15 is 0 Å². The van der Waals surface area contributed by atoms with Crippen LogP contribution in [-0.4, -0.2) is 9.55 Å². The van der Waals surface area contributed by atoms with E-state index in [0.29, 0.717) is 0 Å². The van der Waals surface area contributed by atoms with Crippen LogP contribution in [-0.2, 0) is 7.05 Å². The van der Waals surface area contributed by atoms with Crippen molar-refractivity contribution in [1.29, 1.82) is 0 Å². The van der Waals surface area contributed by atoms with Gasteiger partial charge >= 0.3 is 0 Å². The molecular formula is C16H13N3. The second kappa shape index (κ2) is 3.48. The number of nitrogens with zero attached hydrogens (tertiary/aromatic N) is 2. The summed E-state index contributed by atoms with van der Waals surface area (Å²) in [5, 5.41) is 2.17. The molecule has 2 aromatic carbocycles. The predicted molar refractivity (Wildman–Crippen MR) is 80.1 cm³/mol. The van der Waals surface area contributed by atoms with Gasteiger partial charge in [0.1, 0.15) is 0 Å². The zero-order valence-corrected chi connectivity index (χ0v) is 10.6. The first-order chi connectivity index (χ1) is 9.27. The molecule has 2 heterocycles. The van der Waals surface area contributed by atoms with Gasteiger partial charge in [0.2, 0.25) is 0 Å². The number of nitrogen functional groups attached to an aromatic ring is 1. The molecule has 0 unspecified atom stereocenters. The van der Waals surface area contributed by atoms with E-state index in [0.717, 1.165) is 38.5 Å². The number of fused-ring (bicyclic) bond motifs is 4. The fourth-order valence-corrected chi connectivity index (χ4v) is 2.84. The van der Waals surface area contributed by atoms with E-state index < -0.39 is 0 Å². The summed E-state index contributed by atoms with van der Waals surface area (Å²) in [6.45, 7) is 0. The maximum absolute atomic E-state index is 6.36. The normalized spacial score (nSPS) is 11.6. The maximum Gasteiger partial charge on any atom is 0.0988 e. The summed E-state index contributed by atoms with van der Waals surface area (Å²) in [7, 11) is 2.04. The summed E-state index contributed by atoms with van der Waals surface area (Å²) in [5.41, 5.74) is 11.3. The van der Waals surface area contributed by atoms with Gasteiger partial charge in [-0.1, -0.05) is 36.4 Å².